The van der Waals surface area contributed by atoms with E-state index in [1.54, 1.807) is 0 Å². The van der Waals surface area contributed by atoms with Gasteiger partial charge < -0.3 is 10.1 Å². The average molecular weight is 214 g/mol. The lowest BCUT2D eigenvalue weighted by atomic mass is 10.2. The Balaban J connectivity index is 2.96. The monoisotopic (exact) mass is 213 g/mol. The number of aromatic amines is 1. The summed E-state index contributed by atoms with van der Waals surface area (Å²) < 4.78 is 13.0. The Morgan fingerprint density at radius 2 is 2.07 bits per heavy atom. The number of hydrogen-bond donors (Lipinski definition) is 2. The molecule has 1 aromatic heterocycles. The van der Waals surface area contributed by atoms with Gasteiger partial charge in [0.05, 0.1) is 10.5 Å². The second-order valence-corrected chi connectivity index (χ2v) is 3.24. The van der Waals surface area contributed by atoms with Gasteiger partial charge in [-0.25, -0.2) is 4.39 Å². The van der Waals surface area contributed by atoms with Gasteiger partial charge >= 0.3 is 0 Å². The molecule has 0 saturated carbocycles. The van der Waals surface area contributed by atoms with Crippen LogP contribution in [0.1, 0.15) is 0 Å². The van der Waals surface area contributed by atoms with E-state index in [-0.39, 0.29) is 16.3 Å². The molecule has 14 heavy (non-hydrogen) atoms. The molecule has 5 heteroatoms. The van der Waals surface area contributed by atoms with Crippen LogP contribution in [0.5, 0.6) is 5.75 Å². The number of aromatic hydroxyl groups is 1. The molecule has 0 amide bonds. The summed E-state index contributed by atoms with van der Waals surface area (Å²) in [5.41, 5.74) is -0.270. The summed E-state index contributed by atoms with van der Waals surface area (Å²) in [6, 6.07) is 3.34. The third kappa shape index (κ3) is 1.33. The lowest BCUT2D eigenvalue weighted by Gasteiger charge is -2.01. The molecule has 0 unspecified atom stereocenters. The van der Waals surface area contributed by atoms with E-state index in [9.17, 15) is 14.3 Å². The average Bonchev–Trinajstić information content (AvgIpc) is 2.08. The van der Waals surface area contributed by atoms with E-state index in [1.807, 2.05) is 0 Å². The minimum Gasteiger partial charge on any atom is -0.507 e. The molecule has 0 spiro atoms. The van der Waals surface area contributed by atoms with Crippen LogP contribution in [0.4, 0.5) is 4.39 Å². The van der Waals surface area contributed by atoms with Crippen LogP contribution in [0.25, 0.3) is 10.9 Å². The van der Waals surface area contributed by atoms with E-state index >= 15 is 0 Å². The van der Waals surface area contributed by atoms with Crippen LogP contribution in [-0.2, 0) is 0 Å². The van der Waals surface area contributed by atoms with Crippen LogP contribution in [0.3, 0.4) is 0 Å². The van der Waals surface area contributed by atoms with E-state index in [0.29, 0.717) is 5.39 Å². The first-order valence-corrected chi connectivity index (χ1v) is 4.17. The Kier molecular flexibility index (Phi) is 1.93. The van der Waals surface area contributed by atoms with Crippen LogP contribution in [-0.4, -0.2) is 10.1 Å². The molecule has 0 saturated heterocycles. The molecule has 2 rings (SSSR count). The highest BCUT2D eigenvalue weighted by Crippen LogP contribution is 2.26. The molecule has 2 aromatic rings. The number of fused-ring (bicyclic) bond motifs is 1. The molecule has 1 aromatic carbocycles. The van der Waals surface area contributed by atoms with Crippen molar-refractivity contribution >= 4 is 22.5 Å². The standard InChI is InChI=1S/C9H5ClFNO2/c10-5-1-4-7(2-6(5)11)12-9(14)3-8(4)13/h1-3H,(H2,12,13,14). The summed E-state index contributed by atoms with van der Waals surface area (Å²) in [6.45, 7) is 0. The second kappa shape index (κ2) is 2.99. The fraction of sp³-hybridized carbons (Fsp3) is 0. The van der Waals surface area contributed by atoms with Crippen molar-refractivity contribution in [2.75, 3.05) is 0 Å². The summed E-state index contributed by atoms with van der Waals surface area (Å²) in [4.78, 5) is 13.3. The molecule has 0 fully saturated rings. The van der Waals surface area contributed by atoms with Crippen molar-refractivity contribution in [3.8, 4) is 5.75 Å². The van der Waals surface area contributed by atoms with Gasteiger partial charge in [-0.1, -0.05) is 11.6 Å². The number of halogens is 2. The molecule has 0 aliphatic carbocycles. The van der Waals surface area contributed by atoms with Crippen molar-refractivity contribution in [1.29, 1.82) is 0 Å². The van der Waals surface area contributed by atoms with E-state index in [2.05, 4.69) is 4.98 Å². The molecule has 0 bridgehead atoms. The SMILES string of the molecule is O=c1cc(O)c2cc(Cl)c(F)cc2[nH]1. The quantitative estimate of drug-likeness (QED) is 0.704. The van der Waals surface area contributed by atoms with Crippen molar-refractivity contribution in [3.05, 3.63) is 39.4 Å². The minimum absolute atomic E-state index is 0.0974. The summed E-state index contributed by atoms with van der Waals surface area (Å²) in [5.74, 6) is -0.855. The van der Waals surface area contributed by atoms with Gasteiger partial charge in [0.15, 0.2) is 0 Å². The molecule has 0 radical (unpaired) electrons. The van der Waals surface area contributed by atoms with E-state index < -0.39 is 11.4 Å². The van der Waals surface area contributed by atoms with Crippen molar-refractivity contribution in [3.63, 3.8) is 0 Å². The first kappa shape index (κ1) is 9.02. The molecule has 1 heterocycles. The van der Waals surface area contributed by atoms with Crippen molar-refractivity contribution in [2.24, 2.45) is 0 Å². The van der Waals surface area contributed by atoms with Gasteiger partial charge in [-0.15, -0.1) is 0 Å². The third-order valence-corrected chi connectivity index (χ3v) is 2.15. The maximum Gasteiger partial charge on any atom is 0.252 e. The van der Waals surface area contributed by atoms with Crippen LogP contribution in [0.15, 0.2) is 23.0 Å². The number of nitrogens with one attached hydrogen (secondary N) is 1. The Morgan fingerprint density at radius 3 is 2.79 bits per heavy atom. The lowest BCUT2D eigenvalue weighted by Crippen LogP contribution is -2.03. The number of rotatable bonds is 0. The van der Waals surface area contributed by atoms with Gasteiger partial charge in [-0.2, -0.15) is 0 Å². The number of hydrogen-bond acceptors (Lipinski definition) is 2. The molecule has 0 aliphatic rings. The topological polar surface area (TPSA) is 53.1 Å². The van der Waals surface area contributed by atoms with E-state index in [4.69, 9.17) is 11.6 Å². The molecular formula is C9H5ClFNO2. The molecular weight excluding hydrogens is 209 g/mol. The molecule has 72 valence electrons. The van der Waals surface area contributed by atoms with Gasteiger partial charge in [0.2, 0.25) is 0 Å². The van der Waals surface area contributed by atoms with Gasteiger partial charge in [0, 0.05) is 11.5 Å². The highest BCUT2D eigenvalue weighted by molar-refractivity contribution is 6.31. The Bertz CT molecular complexity index is 564. The van der Waals surface area contributed by atoms with Crippen LogP contribution in [0, 0.1) is 5.82 Å². The maximum absolute atomic E-state index is 13.0. The minimum atomic E-state index is -0.639. The normalized spacial score (nSPS) is 10.7. The summed E-state index contributed by atoms with van der Waals surface area (Å²) >= 11 is 5.52. The number of pyridine rings is 1. The summed E-state index contributed by atoms with van der Waals surface area (Å²) in [7, 11) is 0. The van der Waals surface area contributed by atoms with Gasteiger partial charge in [0.1, 0.15) is 11.6 Å². The fourth-order valence-electron chi connectivity index (χ4n) is 1.23. The van der Waals surface area contributed by atoms with Crippen LogP contribution >= 0.6 is 11.6 Å². The Hall–Kier alpha value is -1.55. The zero-order chi connectivity index (χ0) is 10.3. The Morgan fingerprint density at radius 1 is 1.36 bits per heavy atom. The van der Waals surface area contributed by atoms with Crippen molar-refractivity contribution < 1.29 is 9.50 Å². The van der Waals surface area contributed by atoms with Crippen molar-refractivity contribution in [1.82, 2.24) is 4.98 Å². The molecule has 0 atom stereocenters. The van der Waals surface area contributed by atoms with Crippen LogP contribution in [0.2, 0.25) is 5.02 Å². The smallest absolute Gasteiger partial charge is 0.252 e. The highest BCUT2D eigenvalue weighted by Gasteiger charge is 2.06. The predicted molar refractivity (Wildman–Crippen MR) is 51.2 cm³/mol. The second-order valence-electron chi connectivity index (χ2n) is 2.83. The molecule has 3 nitrogen and oxygen atoms in total. The van der Waals surface area contributed by atoms with E-state index in [0.717, 1.165) is 12.1 Å². The third-order valence-electron chi connectivity index (χ3n) is 1.86. The first-order chi connectivity index (χ1) is 6.58. The van der Waals surface area contributed by atoms with Crippen molar-refractivity contribution in [2.45, 2.75) is 0 Å². The molecule has 2 N–H and O–H groups in total. The molecule has 0 aliphatic heterocycles. The summed E-state index contributed by atoms with van der Waals surface area (Å²) in [6.07, 6.45) is 0. The van der Waals surface area contributed by atoms with Gasteiger partial charge in [-0.05, 0) is 12.1 Å². The number of aromatic nitrogens is 1. The first-order valence-electron chi connectivity index (χ1n) is 3.79. The highest BCUT2D eigenvalue weighted by atomic mass is 35.5. The maximum atomic E-state index is 13.0. The van der Waals surface area contributed by atoms with Gasteiger partial charge in [-0.3, -0.25) is 4.79 Å². The van der Waals surface area contributed by atoms with Crippen LogP contribution < -0.4 is 5.56 Å². The lowest BCUT2D eigenvalue weighted by molar-refractivity contribution is 0.480. The number of benzene rings is 1. The largest absolute Gasteiger partial charge is 0.507 e. The fourth-order valence-corrected chi connectivity index (χ4v) is 1.40. The Labute approximate surface area is 82.8 Å². The predicted octanol–water partition coefficient (Wildman–Crippen LogP) is 2.03. The number of H-pyrrole nitrogens is 1. The van der Waals surface area contributed by atoms with Gasteiger partial charge in [0.25, 0.3) is 5.56 Å². The zero-order valence-corrected chi connectivity index (χ0v) is 7.60. The zero-order valence-electron chi connectivity index (χ0n) is 6.84. The van der Waals surface area contributed by atoms with E-state index in [1.165, 1.54) is 6.07 Å². The summed E-state index contributed by atoms with van der Waals surface area (Å²) in [5, 5.41) is 9.58.